The van der Waals surface area contributed by atoms with Crippen molar-refractivity contribution >= 4 is 7.85 Å². The monoisotopic (exact) mass is 184 g/mol. The highest BCUT2D eigenvalue weighted by Crippen LogP contribution is 2.23. The lowest BCUT2D eigenvalue weighted by Crippen LogP contribution is -2.45. The topological polar surface area (TPSA) is 18.5 Å². The molecule has 0 fully saturated rings. The van der Waals surface area contributed by atoms with Crippen LogP contribution in [-0.2, 0) is 9.47 Å². The second kappa shape index (κ2) is 3.62. The Balaban J connectivity index is 4.25. The summed E-state index contributed by atoms with van der Waals surface area (Å²) in [6, 6.07) is 0. The van der Waals surface area contributed by atoms with Gasteiger partial charge in [-0.15, -0.1) is 0 Å². The molecule has 0 heterocycles. The van der Waals surface area contributed by atoms with Gasteiger partial charge in [-0.3, -0.25) is 0 Å². The Morgan fingerprint density at radius 2 is 0.923 bits per heavy atom. The van der Waals surface area contributed by atoms with Crippen LogP contribution in [0.5, 0.6) is 0 Å². The van der Waals surface area contributed by atoms with Crippen LogP contribution in [-0.4, -0.2) is 24.7 Å². The average Bonchev–Trinajstić information content (AvgIpc) is 1.43. The van der Waals surface area contributed by atoms with Gasteiger partial charge in [0, 0.05) is 0 Å². The van der Waals surface area contributed by atoms with Crippen molar-refractivity contribution in [3.63, 3.8) is 0 Å². The van der Waals surface area contributed by atoms with E-state index >= 15 is 0 Å². The molecule has 0 rings (SSSR count). The van der Waals surface area contributed by atoms with Crippen LogP contribution in [0.15, 0.2) is 0 Å². The number of hydrogen-bond donors (Lipinski definition) is 0. The Morgan fingerprint density at radius 3 is 1.08 bits per heavy atom. The van der Waals surface area contributed by atoms with E-state index in [1.165, 1.54) is 0 Å². The molecule has 0 aromatic rings. The molecular weight excluding hydrogens is 163 g/mol. The van der Waals surface area contributed by atoms with Gasteiger partial charge in [0.25, 0.3) is 0 Å². The van der Waals surface area contributed by atoms with Gasteiger partial charge in [-0.05, 0) is 48.5 Å². The fraction of sp³-hybridized carbons (Fsp3) is 1.00. The van der Waals surface area contributed by atoms with E-state index in [9.17, 15) is 0 Å². The zero-order valence-corrected chi connectivity index (χ0v) is 9.89. The van der Waals surface area contributed by atoms with Crippen molar-refractivity contribution in [3.8, 4) is 0 Å². The predicted octanol–water partition coefficient (Wildman–Crippen LogP) is 2.46. The molecule has 0 aromatic carbocycles. The zero-order valence-electron chi connectivity index (χ0n) is 9.89. The summed E-state index contributed by atoms with van der Waals surface area (Å²) in [5, 5.41) is 0. The van der Waals surface area contributed by atoms with Gasteiger partial charge in [-0.25, -0.2) is 0 Å². The first-order valence-electron chi connectivity index (χ1n) is 4.61. The smallest absolute Gasteiger partial charge is 0.153 e. The minimum Gasteiger partial charge on any atom is -0.354 e. The fourth-order valence-electron chi connectivity index (χ4n) is 1.24. The van der Waals surface area contributed by atoms with Crippen LogP contribution >= 0.6 is 0 Å². The molecule has 0 saturated heterocycles. The second-order valence-corrected chi connectivity index (χ2v) is 5.44. The van der Waals surface area contributed by atoms with E-state index in [4.69, 9.17) is 17.3 Å². The van der Waals surface area contributed by atoms with E-state index in [1.54, 1.807) is 6.92 Å². The Labute approximate surface area is 83.4 Å². The van der Waals surface area contributed by atoms with Crippen molar-refractivity contribution in [1.82, 2.24) is 0 Å². The summed E-state index contributed by atoms with van der Waals surface area (Å²) >= 11 is 0. The highest BCUT2D eigenvalue weighted by Gasteiger charge is 2.30. The number of ether oxygens (including phenoxy) is 2. The SMILES string of the molecule is [B]C(C)(OC(C)(C)C)OC(C)(C)C. The van der Waals surface area contributed by atoms with Crippen LogP contribution in [0.25, 0.3) is 0 Å². The molecule has 0 aromatic heterocycles. The minimum atomic E-state index is -1.03. The van der Waals surface area contributed by atoms with Gasteiger partial charge in [0.1, 0.15) is 5.69 Å². The highest BCUT2D eigenvalue weighted by molar-refractivity contribution is 6.13. The van der Waals surface area contributed by atoms with Crippen LogP contribution in [0.3, 0.4) is 0 Å². The van der Waals surface area contributed by atoms with Gasteiger partial charge in [-0.1, -0.05) is 0 Å². The van der Waals surface area contributed by atoms with Gasteiger partial charge in [-0.2, -0.15) is 0 Å². The van der Waals surface area contributed by atoms with Gasteiger partial charge in [0.2, 0.25) is 0 Å². The molecule has 0 bridgehead atoms. The summed E-state index contributed by atoms with van der Waals surface area (Å²) in [5.74, 6) is 0. The fourth-order valence-corrected chi connectivity index (χ4v) is 1.24. The van der Waals surface area contributed by atoms with Crippen molar-refractivity contribution in [3.05, 3.63) is 0 Å². The highest BCUT2D eigenvalue weighted by atomic mass is 16.7. The molecule has 0 N–H and O–H groups in total. The molecule has 0 aliphatic carbocycles. The third-order valence-corrected chi connectivity index (χ3v) is 1.02. The first-order valence-corrected chi connectivity index (χ1v) is 4.61. The molecule has 0 amide bonds. The van der Waals surface area contributed by atoms with Crippen molar-refractivity contribution in [2.24, 2.45) is 0 Å². The summed E-state index contributed by atoms with van der Waals surface area (Å²) in [4.78, 5) is 0. The zero-order chi connectivity index (χ0) is 10.9. The van der Waals surface area contributed by atoms with E-state index in [0.717, 1.165) is 0 Å². The Bertz CT molecular complexity index is 145. The summed E-state index contributed by atoms with van der Waals surface area (Å²) in [6.45, 7) is 13.4. The molecule has 76 valence electrons. The van der Waals surface area contributed by atoms with Gasteiger partial charge in [0.15, 0.2) is 7.85 Å². The van der Waals surface area contributed by atoms with Crippen molar-refractivity contribution in [1.29, 1.82) is 0 Å². The molecule has 2 nitrogen and oxygen atoms in total. The van der Waals surface area contributed by atoms with E-state index in [0.29, 0.717) is 0 Å². The second-order valence-electron chi connectivity index (χ2n) is 5.44. The molecule has 2 radical (unpaired) electrons. The molecule has 0 spiro atoms. The maximum absolute atomic E-state index is 5.84. The molecule has 0 aliphatic heterocycles. The van der Waals surface area contributed by atoms with Crippen LogP contribution in [0, 0.1) is 0 Å². The van der Waals surface area contributed by atoms with Gasteiger partial charge in [0.05, 0.1) is 11.2 Å². The predicted molar refractivity (Wildman–Crippen MR) is 55.8 cm³/mol. The first-order chi connectivity index (χ1) is 5.41. The van der Waals surface area contributed by atoms with E-state index in [2.05, 4.69) is 0 Å². The van der Waals surface area contributed by atoms with Gasteiger partial charge >= 0.3 is 0 Å². The van der Waals surface area contributed by atoms with E-state index in [1.807, 2.05) is 41.5 Å². The number of hydrogen-bond acceptors (Lipinski definition) is 2. The molecule has 0 unspecified atom stereocenters. The Morgan fingerprint density at radius 1 is 0.692 bits per heavy atom. The summed E-state index contributed by atoms with van der Waals surface area (Å²) < 4.78 is 11.1. The quantitative estimate of drug-likeness (QED) is 0.484. The largest absolute Gasteiger partial charge is 0.354 e. The lowest BCUT2D eigenvalue weighted by atomic mass is 9.94. The van der Waals surface area contributed by atoms with Crippen LogP contribution in [0.4, 0.5) is 0 Å². The molecule has 0 aliphatic rings. The van der Waals surface area contributed by atoms with Crippen LogP contribution in [0.1, 0.15) is 48.5 Å². The third-order valence-electron chi connectivity index (χ3n) is 1.02. The summed E-state index contributed by atoms with van der Waals surface area (Å²) in [5.41, 5.74) is -1.62. The lowest BCUT2D eigenvalue weighted by molar-refractivity contribution is -0.254. The third kappa shape index (κ3) is 8.32. The average molecular weight is 184 g/mol. The normalized spacial score (nSPS) is 14.7. The molecule has 3 heteroatoms. The van der Waals surface area contributed by atoms with Crippen LogP contribution in [0.2, 0.25) is 0 Å². The van der Waals surface area contributed by atoms with Crippen molar-refractivity contribution in [2.75, 3.05) is 0 Å². The molecule has 13 heavy (non-hydrogen) atoms. The molecule has 0 atom stereocenters. The lowest BCUT2D eigenvalue weighted by Gasteiger charge is -2.39. The maximum Gasteiger partial charge on any atom is 0.153 e. The standard InChI is InChI=1S/C10H21BO2/c1-8(2,3)12-10(7,11)13-9(4,5)6/h1-7H3. The summed E-state index contributed by atoms with van der Waals surface area (Å²) in [6.07, 6.45) is 0. The van der Waals surface area contributed by atoms with Gasteiger partial charge < -0.3 is 9.47 Å². The van der Waals surface area contributed by atoms with Crippen molar-refractivity contribution in [2.45, 2.75) is 65.4 Å². The Hall–Kier alpha value is -0.0151. The minimum absolute atomic E-state index is 0.297. The molecular formula is C10H21BO2. The number of rotatable bonds is 2. The van der Waals surface area contributed by atoms with E-state index in [-0.39, 0.29) is 11.2 Å². The molecule has 0 saturated carbocycles. The summed E-state index contributed by atoms with van der Waals surface area (Å²) in [7, 11) is 5.84. The van der Waals surface area contributed by atoms with Crippen molar-refractivity contribution < 1.29 is 9.47 Å². The first kappa shape index (κ1) is 13.0. The van der Waals surface area contributed by atoms with E-state index < -0.39 is 5.69 Å². The van der Waals surface area contributed by atoms with Crippen LogP contribution < -0.4 is 0 Å². The Kier molecular flexibility index (Phi) is 3.62. The maximum atomic E-state index is 5.84.